The molecule has 0 saturated carbocycles. The summed E-state index contributed by atoms with van der Waals surface area (Å²) < 4.78 is 6.19. The predicted octanol–water partition coefficient (Wildman–Crippen LogP) is 5.55. The quantitative estimate of drug-likeness (QED) is 0.166. The Morgan fingerprint density at radius 1 is 1.04 bits per heavy atom. The Hall–Kier alpha value is -1.51. The summed E-state index contributed by atoms with van der Waals surface area (Å²) in [6.07, 6.45) is 12.2. The van der Waals surface area contributed by atoms with E-state index in [-0.39, 0.29) is 0 Å². The molecule has 1 unspecified atom stereocenters. The monoisotopic (exact) mass is 319 g/mol. The third-order valence-corrected chi connectivity index (χ3v) is 4.18. The summed E-state index contributed by atoms with van der Waals surface area (Å²) in [6, 6.07) is 7.67. The second-order valence-electron chi connectivity index (χ2n) is 6.46. The SMILES string of the molecule is CCCCCCCCCC(C)/C=[N+](/[O-])Cc1ccc(OC)cc1. The van der Waals surface area contributed by atoms with Gasteiger partial charge in [-0.2, -0.15) is 0 Å². The molecule has 0 aliphatic rings. The van der Waals surface area contributed by atoms with Gasteiger partial charge in [-0.3, -0.25) is 0 Å². The predicted molar refractivity (Wildman–Crippen MR) is 98.2 cm³/mol. The van der Waals surface area contributed by atoms with Gasteiger partial charge in [0.25, 0.3) is 0 Å². The van der Waals surface area contributed by atoms with Crippen LogP contribution < -0.4 is 4.74 Å². The average molecular weight is 319 g/mol. The minimum Gasteiger partial charge on any atom is -0.624 e. The number of hydrogen-bond acceptors (Lipinski definition) is 2. The minimum atomic E-state index is 0.349. The summed E-state index contributed by atoms with van der Waals surface area (Å²) >= 11 is 0. The summed E-state index contributed by atoms with van der Waals surface area (Å²) in [6.45, 7) is 4.79. The standard InChI is InChI=1S/C20H33NO2/c1-4-5-6-7-8-9-10-11-18(2)16-21(22)17-19-12-14-20(23-3)15-13-19/h12-16,18H,4-11,17H2,1-3H3/b21-16+. The zero-order chi connectivity index (χ0) is 16.9. The van der Waals surface area contributed by atoms with Gasteiger partial charge < -0.3 is 9.94 Å². The van der Waals surface area contributed by atoms with E-state index in [1.165, 1.54) is 44.9 Å². The summed E-state index contributed by atoms with van der Waals surface area (Å²) in [5.74, 6) is 1.17. The Morgan fingerprint density at radius 2 is 1.65 bits per heavy atom. The second-order valence-corrected chi connectivity index (χ2v) is 6.46. The van der Waals surface area contributed by atoms with Crippen molar-refractivity contribution in [2.75, 3.05) is 7.11 Å². The molecule has 0 saturated heterocycles. The first kappa shape index (κ1) is 19.5. The molecule has 1 aromatic rings. The van der Waals surface area contributed by atoms with E-state index in [9.17, 15) is 5.21 Å². The molecule has 0 aliphatic heterocycles. The van der Waals surface area contributed by atoms with Crippen molar-refractivity contribution < 1.29 is 9.48 Å². The van der Waals surface area contributed by atoms with Crippen molar-refractivity contribution in [3.63, 3.8) is 0 Å². The molecule has 0 N–H and O–H groups in total. The number of unbranched alkanes of at least 4 members (excludes halogenated alkanes) is 6. The number of benzene rings is 1. The molecule has 0 radical (unpaired) electrons. The van der Waals surface area contributed by atoms with Crippen molar-refractivity contribution in [3.8, 4) is 5.75 Å². The summed E-state index contributed by atoms with van der Waals surface area (Å²) in [5, 5.41) is 12.0. The van der Waals surface area contributed by atoms with E-state index in [1.54, 1.807) is 7.11 Å². The van der Waals surface area contributed by atoms with Gasteiger partial charge in [0, 0.05) is 11.5 Å². The van der Waals surface area contributed by atoms with Crippen LogP contribution in [-0.2, 0) is 6.54 Å². The lowest BCUT2D eigenvalue weighted by molar-refractivity contribution is -0.472. The third kappa shape index (κ3) is 9.27. The van der Waals surface area contributed by atoms with Crippen LogP contribution in [0.2, 0.25) is 0 Å². The zero-order valence-corrected chi connectivity index (χ0v) is 15.1. The summed E-state index contributed by atoms with van der Waals surface area (Å²) in [4.78, 5) is 0. The molecule has 23 heavy (non-hydrogen) atoms. The van der Waals surface area contributed by atoms with Gasteiger partial charge in [0.15, 0.2) is 12.8 Å². The lowest BCUT2D eigenvalue weighted by Crippen LogP contribution is -2.10. The van der Waals surface area contributed by atoms with Gasteiger partial charge in [-0.15, -0.1) is 0 Å². The molecule has 0 aromatic heterocycles. The highest BCUT2D eigenvalue weighted by Gasteiger charge is 2.05. The second kappa shape index (κ2) is 12.0. The van der Waals surface area contributed by atoms with Crippen LogP contribution >= 0.6 is 0 Å². The van der Waals surface area contributed by atoms with Gasteiger partial charge >= 0.3 is 0 Å². The van der Waals surface area contributed by atoms with E-state index in [4.69, 9.17) is 4.74 Å². The Balaban J connectivity index is 2.22. The minimum absolute atomic E-state index is 0.349. The van der Waals surface area contributed by atoms with Crippen molar-refractivity contribution >= 4 is 6.21 Å². The van der Waals surface area contributed by atoms with Crippen LogP contribution in [0.1, 0.15) is 70.8 Å². The maximum absolute atomic E-state index is 12.0. The zero-order valence-electron chi connectivity index (χ0n) is 15.1. The Bertz CT molecular complexity index is 439. The first-order chi connectivity index (χ1) is 11.2. The Morgan fingerprint density at radius 3 is 2.26 bits per heavy atom. The van der Waals surface area contributed by atoms with E-state index in [0.29, 0.717) is 12.5 Å². The number of hydroxylamine groups is 1. The molecule has 1 atom stereocenters. The fourth-order valence-electron chi connectivity index (χ4n) is 2.75. The van der Waals surface area contributed by atoms with Crippen LogP contribution in [0.15, 0.2) is 24.3 Å². The van der Waals surface area contributed by atoms with E-state index in [1.807, 2.05) is 30.5 Å². The first-order valence-corrected chi connectivity index (χ1v) is 9.07. The highest BCUT2D eigenvalue weighted by Crippen LogP contribution is 2.13. The molecule has 0 bridgehead atoms. The largest absolute Gasteiger partial charge is 0.624 e. The highest BCUT2D eigenvalue weighted by molar-refractivity contribution is 5.54. The molecule has 3 heteroatoms. The van der Waals surface area contributed by atoms with Gasteiger partial charge in [0.2, 0.25) is 0 Å². The number of methoxy groups -OCH3 is 1. The number of rotatable bonds is 12. The third-order valence-electron chi connectivity index (χ3n) is 4.18. The van der Waals surface area contributed by atoms with Gasteiger partial charge in [-0.05, 0) is 30.7 Å². The van der Waals surface area contributed by atoms with Crippen molar-refractivity contribution in [1.82, 2.24) is 0 Å². The Labute approximate surface area is 142 Å². The average Bonchev–Trinajstić information content (AvgIpc) is 2.54. The molecule has 0 aliphatic carbocycles. The fourth-order valence-corrected chi connectivity index (χ4v) is 2.75. The van der Waals surface area contributed by atoms with Crippen LogP contribution in [0.25, 0.3) is 0 Å². The highest BCUT2D eigenvalue weighted by atomic mass is 16.5. The van der Waals surface area contributed by atoms with E-state index < -0.39 is 0 Å². The van der Waals surface area contributed by atoms with Crippen LogP contribution in [0, 0.1) is 11.1 Å². The molecule has 3 nitrogen and oxygen atoms in total. The van der Waals surface area contributed by atoms with Crippen molar-refractivity contribution in [3.05, 3.63) is 35.0 Å². The van der Waals surface area contributed by atoms with Gasteiger partial charge in [0.1, 0.15) is 5.75 Å². The van der Waals surface area contributed by atoms with Crippen molar-refractivity contribution in [1.29, 1.82) is 0 Å². The molecular weight excluding hydrogens is 286 g/mol. The topological polar surface area (TPSA) is 35.3 Å². The molecule has 1 rings (SSSR count). The van der Waals surface area contributed by atoms with E-state index >= 15 is 0 Å². The number of ether oxygens (including phenoxy) is 1. The molecule has 1 aromatic carbocycles. The van der Waals surface area contributed by atoms with Gasteiger partial charge in [-0.25, -0.2) is 4.74 Å². The molecule has 0 spiro atoms. The fraction of sp³-hybridized carbons (Fsp3) is 0.650. The van der Waals surface area contributed by atoms with Crippen molar-refractivity contribution in [2.24, 2.45) is 5.92 Å². The molecule has 0 heterocycles. The summed E-state index contributed by atoms with van der Waals surface area (Å²) in [7, 11) is 1.65. The van der Waals surface area contributed by atoms with Crippen LogP contribution in [0.4, 0.5) is 0 Å². The van der Waals surface area contributed by atoms with Crippen LogP contribution in [0.5, 0.6) is 5.75 Å². The van der Waals surface area contributed by atoms with E-state index in [2.05, 4.69) is 13.8 Å². The van der Waals surface area contributed by atoms with Gasteiger partial charge in [0.05, 0.1) is 7.11 Å². The van der Waals surface area contributed by atoms with Gasteiger partial charge in [-0.1, -0.05) is 58.8 Å². The normalized spacial score (nSPS) is 13.1. The summed E-state index contributed by atoms with van der Waals surface area (Å²) in [5.41, 5.74) is 1.01. The maximum atomic E-state index is 12.0. The molecule has 130 valence electrons. The van der Waals surface area contributed by atoms with E-state index in [0.717, 1.165) is 22.5 Å². The number of nitrogens with zero attached hydrogens (tertiary/aromatic N) is 1. The Kier molecular flexibility index (Phi) is 10.2. The lowest BCUT2D eigenvalue weighted by atomic mass is 10.0. The molecular formula is C20H33NO2. The number of hydrogen-bond donors (Lipinski definition) is 0. The van der Waals surface area contributed by atoms with Crippen molar-refractivity contribution in [2.45, 2.75) is 71.8 Å². The molecule has 0 fully saturated rings. The lowest BCUT2D eigenvalue weighted by Gasteiger charge is -2.09. The molecule has 0 amide bonds. The smallest absolute Gasteiger partial charge is 0.178 e. The maximum Gasteiger partial charge on any atom is 0.178 e. The van der Waals surface area contributed by atoms with Crippen LogP contribution in [-0.4, -0.2) is 18.1 Å². The van der Waals surface area contributed by atoms with Crippen LogP contribution in [0.3, 0.4) is 0 Å². The first-order valence-electron chi connectivity index (χ1n) is 9.07.